The van der Waals surface area contributed by atoms with Crippen molar-refractivity contribution in [1.82, 2.24) is 15.5 Å². The van der Waals surface area contributed by atoms with Crippen LogP contribution in [0.3, 0.4) is 0 Å². The summed E-state index contributed by atoms with van der Waals surface area (Å²) in [5.74, 6) is 0.970. The first kappa shape index (κ1) is 11.9. The molecule has 5 heteroatoms. The average Bonchev–Trinajstić information content (AvgIpc) is 2.63. The Morgan fingerprint density at radius 1 is 1.50 bits per heavy atom. The molecular formula is C9H17N3S2. The van der Waals surface area contributed by atoms with Gasteiger partial charge in [0.1, 0.15) is 10.0 Å². The van der Waals surface area contributed by atoms with Crippen molar-refractivity contribution in [2.24, 2.45) is 0 Å². The zero-order valence-electron chi connectivity index (χ0n) is 8.91. The molecule has 1 aromatic heterocycles. The molecule has 0 radical (unpaired) electrons. The van der Waals surface area contributed by atoms with Gasteiger partial charge in [-0.25, -0.2) is 0 Å². The number of hydrogen-bond donors (Lipinski definition) is 1. The van der Waals surface area contributed by atoms with Crippen molar-refractivity contribution in [3.05, 3.63) is 10.0 Å². The molecule has 3 nitrogen and oxygen atoms in total. The van der Waals surface area contributed by atoms with Crippen LogP contribution in [0.1, 0.15) is 36.3 Å². The Morgan fingerprint density at radius 3 is 2.93 bits per heavy atom. The molecule has 14 heavy (non-hydrogen) atoms. The van der Waals surface area contributed by atoms with Gasteiger partial charge in [0.15, 0.2) is 0 Å². The first-order valence-corrected chi connectivity index (χ1v) is 7.03. The van der Waals surface area contributed by atoms with Crippen molar-refractivity contribution in [3.8, 4) is 0 Å². The first-order valence-electron chi connectivity index (χ1n) is 4.82. The molecule has 1 heterocycles. The molecule has 1 aromatic rings. The highest BCUT2D eigenvalue weighted by molar-refractivity contribution is 7.97. The normalized spacial score (nSPS) is 13.1. The smallest absolute Gasteiger partial charge is 0.134 e. The minimum Gasteiger partial charge on any atom is -0.308 e. The van der Waals surface area contributed by atoms with E-state index in [0.29, 0.717) is 6.04 Å². The van der Waals surface area contributed by atoms with Gasteiger partial charge < -0.3 is 5.32 Å². The number of thioether (sulfide) groups is 1. The molecule has 1 N–H and O–H groups in total. The van der Waals surface area contributed by atoms with E-state index >= 15 is 0 Å². The molecule has 1 atom stereocenters. The van der Waals surface area contributed by atoms with E-state index < -0.39 is 0 Å². The topological polar surface area (TPSA) is 37.8 Å². The zero-order valence-corrected chi connectivity index (χ0v) is 10.5. The Labute approximate surface area is 93.7 Å². The Morgan fingerprint density at radius 2 is 2.29 bits per heavy atom. The van der Waals surface area contributed by atoms with Crippen LogP contribution in [0.4, 0.5) is 0 Å². The van der Waals surface area contributed by atoms with Crippen molar-refractivity contribution in [2.75, 3.05) is 12.8 Å². The van der Waals surface area contributed by atoms with E-state index in [1.165, 1.54) is 0 Å². The standard InChI is InChI=1S/C9H17N3S2/c1-4-5-10-7(2)9-12-11-8(14-9)6-13-3/h7,10H,4-6H2,1-3H3. The van der Waals surface area contributed by atoms with Crippen LogP contribution in [-0.4, -0.2) is 23.0 Å². The van der Waals surface area contributed by atoms with Crippen molar-refractivity contribution in [2.45, 2.75) is 32.1 Å². The highest BCUT2D eigenvalue weighted by Gasteiger charge is 2.10. The molecule has 0 aliphatic carbocycles. The monoisotopic (exact) mass is 231 g/mol. The quantitative estimate of drug-likeness (QED) is 0.816. The van der Waals surface area contributed by atoms with Gasteiger partial charge in [0, 0.05) is 5.75 Å². The van der Waals surface area contributed by atoms with Crippen molar-refractivity contribution in [3.63, 3.8) is 0 Å². The molecular weight excluding hydrogens is 214 g/mol. The Hall–Kier alpha value is -0.130. The van der Waals surface area contributed by atoms with Gasteiger partial charge in [-0.15, -0.1) is 10.2 Å². The summed E-state index contributed by atoms with van der Waals surface area (Å²) in [6, 6.07) is 0.336. The fraction of sp³-hybridized carbons (Fsp3) is 0.778. The van der Waals surface area contributed by atoms with E-state index in [-0.39, 0.29) is 0 Å². The van der Waals surface area contributed by atoms with E-state index in [1.54, 1.807) is 23.1 Å². The van der Waals surface area contributed by atoms with Gasteiger partial charge in [-0.1, -0.05) is 18.3 Å². The largest absolute Gasteiger partial charge is 0.308 e. The summed E-state index contributed by atoms with van der Waals surface area (Å²) in [7, 11) is 0. The first-order chi connectivity index (χ1) is 6.77. The molecule has 0 aliphatic heterocycles. The van der Waals surface area contributed by atoms with Crippen LogP contribution in [0, 0.1) is 0 Å². The lowest BCUT2D eigenvalue weighted by Crippen LogP contribution is -2.18. The number of hydrogen-bond acceptors (Lipinski definition) is 5. The van der Waals surface area contributed by atoms with Crippen LogP contribution in [0.25, 0.3) is 0 Å². The number of nitrogens with one attached hydrogen (secondary N) is 1. The second-order valence-corrected chi connectivity index (χ2v) is 5.10. The lowest BCUT2D eigenvalue weighted by molar-refractivity contribution is 0.564. The third kappa shape index (κ3) is 3.55. The highest BCUT2D eigenvalue weighted by atomic mass is 32.2. The Bertz CT molecular complexity index is 262. The molecule has 1 rings (SSSR count). The summed E-state index contributed by atoms with van der Waals surface area (Å²) in [5, 5.41) is 14.0. The van der Waals surface area contributed by atoms with Crippen molar-refractivity contribution >= 4 is 23.1 Å². The lowest BCUT2D eigenvalue weighted by atomic mass is 10.3. The van der Waals surface area contributed by atoms with Crippen LogP contribution in [0.15, 0.2) is 0 Å². The predicted octanol–water partition coefficient (Wildman–Crippen LogP) is 2.46. The minimum atomic E-state index is 0.336. The zero-order chi connectivity index (χ0) is 10.4. The van der Waals surface area contributed by atoms with Gasteiger partial charge in [-0.2, -0.15) is 11.8 Å². The average molecular weight is 231 g/mol. The van der Waals surface area contributed by atoms with Crippen molar-refractivity contribution in [1.29, 1.82) is 0 Å². The van der Waals surface area contributed by atoms with Gasteiger partial charge >= 0.3 is 0 Å². The van der Waals surface area contributed by atoms with Crippen molar-refractivity contribution < 1.29 is 0 Å². The highest BCUT2D eigenvalue weighted by Crippen LogP contribution is 2.20. The van der Waals surface area contributed by atoms with E-state index in [0.717, 1.165) is 28.7 Å². The third-order valence-corrected chi connectivity index (χ3v) is 3.67. The number of nitrogens with zero attached hydrogens (tertiary/aromatic N) is 2. The molecule has 80 valence electrons. The van der Waals surface area contributed by atoms with Crippen LogP contribution >= 0.6 is 23.1 Å². The minimum absolute atomic E-state index is 0.336. The molecule has 0 aliphatic rings. The van der Waals surface area contributed by atoms with E-state index in [1.807, 2.05) is 0 Å². The summed E-state index contributed by atoms with van der Waals surface area (Å²) in [6.45, 7) is 5.34. The van der Waals surface area contributed by atoms with Gasteiger partial charge in [0.2, 0.25) is 0 Å². The second-order valence-electron chi connectivity index (χ2n) is 3.14. The third-order valence-electron chi connectivity index (χ3n) is 1.82. The summed E-state index contributed by atoms with van der Waals surface area (Å²) >= 11 is 3.50. The molecule has 0 bridgehead atoms. The van der Waals surface area contributed by atoms with E-state index in [4.69, 9.17) is 0 Å². The van der Waals surface area contributed by atoms with Gasteiger partial charge in [0.05, 0.1) is 6.04 Å². The van der Waals surface area contributed by atoms with Gasteiger partial charge in [-0.3, -0.25) is 0 Å². The fourth-order valence-electron chi connectivity index (χ4n) is 1.07. The predicted molar refractivity (Wildman–Crippen MR) is 63.8 cm³/mol. The summed E-state index contributed by atoms with van der Waals surface area (Å²) < 4.78 is 0. The number of aromatic nitrogens is 2. The molecule has 0 saturated heterocycles. The summed E-state index contributed by atoms with van der Waals surface area (Å²) in [4.78, 5) is 0. The maximum absolute atomic E-state index is 4.18. The molecule has 0 fully saturated rings. The lowest BCUT2D eigenvalue weighted by Gasteiger charge is -2.08. The number of rotatable bonds is 6. The summed E-state index contributed by atoms with van der Waals surface area (Å²) in [6.07, 6.45) is 3.24. The van der Waals surface area contributed by atoms with E-state index in [2.05, 4.69) is 35.6 Å². The van der Waals surface area contributed by atoms with E-state index in [9.17, 15) is 0 Å². The van der Waals surface area contributed by atoms with Gasteiger partial charge in [-0.05, 0) is 26.1 Å². The van der Waals surface area contributed by atoms with Crippen LogP contribution in [0.5, 0.6) is 0 Å². The Balaban J connectivity index is 2.48. The van der Waals surface area contributed by atoms with Crippen LogP contribution < -0.4 is 5.32 Å². The maximum atomic E-state index is 4.18. The SMILES string of the molecule is CCCNC(C)c1nnc(CSC)s1. The molecule has 0 saturated carbocycles. The second kappa shape index (κ2) is 6.37. The summed E-state index contributed by atoms with van der Waals surface area (Å²) in [5.41, 5.74) is 0. The molecule has 0 spiro atoms. The molecule has 0 amide bonds. The fourth-order valence-corrected chi connectivity index (χ4v) is 2.63. The Kier molecular flexibility index (Phi) is 5.44. The van der Waals surface area contributed by atoms with Crippen LogP contribution in [-0.2, 0) is 5.75 Å². The molecule has 1 unspecified atom stereocenters. The van der Waals surface area contributed by atoms with Gasteiger partial charge in [0.25, 0.3) is 0 Å². The molecule has 0 aromatic carbocycles. The van der Waals surface area contributed by atoms with Crippen LogP contribution in [0.2, 0.25) is 0 Å². The maximum Gasteiger partial charge on any atom is 0.134 e.